The molecule has 1 N–H and O–H groups in total. The molecule has 132 valence electrons. The maximum Gasteiger partial charge on any atom is 0.355 e. The number of amides is 1. The Morgan fingerprint density at radius 2 is 2.12 bits per heavy atom. The number of anilines is 1. The van der Waals surface area contributed by atoms with Gasteiger partial charge in [0.15, 0.2) is 5.16 Å². The van der Waals surface area contributed by atoms with Crippen LogP contribution in [0.4, 0.5) is 11.4 Å². The van der Waals surface area contributed by atoms with E-state index in [9.17, 15) is 19.7 Å². The van der Waals surface area contributed by atoms with Gasteiger partial charge in [-0.25, -0.2) is 9.78 Å². The normalized spacial score (nSPS) is 10.7. The monoisotopic (exact) mass is 371 g/mol. The highest BCUT2D eigenvalue weighted by Crippen LogP contribution is 2.18. The van der Waals surface area contributed by atoms with E-state index in [4.69, 9.17) is 0 Å². The minimum absolute atomic E-state index is 0.0376. The fourth-order valence-electron chi connectivity index (χ4n) is 2.19. The topological polar surface area (TPSA) is 120 Å². The van der Waals surface area contributed by atoms with Gasteiger partial charge in [-0.05, 0) is 30.7 Å². The SMILES string of the molecule is Cc1ccn2c(=O)nc(SCC(=O)Nc3cccc([N+](=O)[O-])c3)nc2c1. The summed E-state index contributed by atoms with van der Waals surface area (Å²) in [5, 5.41) is 13.5. The maximum atomic E-state index is 12.0. The van der Waals surface area contributed by atoms with Crippen molar-refractivity contribution in [3.63, 3.8) is 0 Å². The second kappa shape index (κ2) is 7.31. The predicted octanol–water partition coefficient (Wildman–Crippen LogP) is 2.04. The molecule has 0 bridgehead atoms. The molecule has 1 amide bonds. The van der Waals surface area contributed by atoms with Crippen LogP contribution in [-0.2, 0) is 4.79 Å². The molecule has 0 atom stereocenters. The maximum absolute atomic E-state index is 12.0. The molecule has 0 unspecified atom stereocenters. The zero-order valence-corrected chi connectivity index (χ0v) is 14.4. The quantitative estimate of drug-likeness (QED) is 0.414. The Morgan fingerprint density at radius 1 is 1.31 bits per heavy atom. The Morgan fingerprint density at radius 3 is 2.88 bits per heavy atom. The summed E-state index contributed by atoms with van der Waals surface area (Å²) in [6.07, 6.45) is 1.59. The number of carbonyl (C=O) groups is 1. The number of pyridine rings is 1. The summed E-state index contributed by atoms with van der Waals surface area (Å²) < 4.78 is 1.32. The first-order chi connectivity index (χ1) is 12.4. The summed E-state index contributed by atoms with van der Waals surface area (Å²) in [6.45, 7) is 1.88. The molecule has 26 heavy (non-hydrogen) atoms. The van der Waals surface area contributed by atoms with E-state index >= 15 is 0 Å². The number of thioether (sulfide) groups is 1. The number of fused-ring (bicyclic) bond motifs is 1. The van der Waals surface area contributed by atoms with Crippen LogP contribution in [0.3, 0.4) is 0 Å². The molecule has 9 nitrogen and oxygen atoms in total. The number of hydrogen-bond donors (Lipinski definition) is 1. The van der Waals surface area contributed by atoms with E-state index in [1.54, 1.807) is 24.4 Å². The van der Waals surface area contributed by atoms with E-state index in [0.717, 1.165) is 17.3 Å². The second-order valence-electron chi connectivity index (χ2n) is 5.37. The molecular formula is C16H13N5O4S. The van der Waals surface area contributed by atoms with E-state index < -0.39 is 10.6 Å². The molecule has 0 fully saturated rings. The molecule has 0 saturated heterocycles. The number of hydrogen-bond acceptors (Lipinski definition) is 7. The van der Waals surface area contributed by atoms with Gasteiger partial charge in [-0.15, -0.1) is 0 Å². The van der Waals surface area contributed by atoms with Gasteiger partial charge >= 0.3 is 5.69 Å². The van der Waals surface area contributed by atoms with Gasteiger partial charge in [-0.3, -0.25) is 19.3 Å². The Kier molecular flexibility index (Phi) is 4.94. The lowest BCUT2D eigenvalue weighted by molar-refractivity contribution is -0.384. The van der Waals surface area contributed by atoms with Crippen molar-refractivity contribution in [1.82, 2.24) is 14.4 Å². The molecule has 0 radical (unpaired) electrons. The number of nitro groups is 1. The Hall–Kier alpha value is -3.27. The van der Waals surface area contributed by atoms with Crippen molar-refractivity contribution in [2.75, 3.05) is 11.1 Å². The summed E-state index contributed by atoms with van der Waals surface area (Å²) in [5.41, 5.74) is 1.13. The second-order valence-corrected chi connectivity index (χ2v) is 6.31. The van der Waals surface area contributed by atoms with E-state index in [1.165, 1.54) is 22.6 Å². The Bertz CT molecular complexity index is 1070. The van der Waals surface area contributed by atoms with Gasteiger partial charge in [0.05, 0.1) is 10.7 Å². The van der Waals surface area contributed by atoms with Gasteiger partial charge in [0.2, 0.25) is 5.91 Å². The number of nitro benzene ring substituents is 1. The minimum Gasteiger partial charge on any atom is -0.325 e. The molecular weight excluding hydrogens is 358 g/mol. The van der Waals surface area contributed by atoms with Crippen LogP contribution in [0, 0.1) is 17.0 Å². The first-order valence-electron chi connectivity index (χ1n) is 7.46. The summed E-state index contributed by atoms with van der Waals surface area (Å²) in [7, 11) is 0. The van der Waals surface area contributed by atoms with Crippen LogP contribution in [-0.4, -0.2) is 31.0 Å². The van der Waals surface area contributed by atoms with Gasteiger partial charge in [0.1, 0.15) is 5.65 Å². The van der Waals surface area contributed by atoms with Crippen molar-refractivity contribution in [1.29, 1.82) is 0 Å². The van der Waals surface area contributed by atoms with E-state index in [2.05, 4.69) is 15.3 Å². The zero-order chi connectivity index (χ0) is 18.7. The van der Waals surface area contributed by atoms with Gasteiger partial charge in [-0.1, -0.05) is 17.8 Å². The fourth-order valence-corrected chi connectivity index (χ4v) is 2.82. The third-order valence-corrected chi connectivity index (χ3v) is 4.22. The molecule has 10 heteroatoms. The average molecular weight is 371 g/mol. The van der Waals surface area contributed by atoms with Crippen LogP contribution in [0.5, 0.6) is 0 Å². The number of nitrogens with one attached hydrogen (secondary N) is 1. The first-order valence-corrected chi connectivity index (χ1v) is 8.45. The van der Waals surface area contributed by atoms with Crippen LogP contribution >= 0.6 is 11.8 Å². The van der Waals surface area contributed by atoms with Crippen molar-refractivity contribution in [2.24, 2.45) is 0 Å². The number of aromatic nitrogens is 3. The molecule has 2 heterocycles. The third kappa shape index (κ3) is 4.03. The number of carbonyl (C=O) groups excluding carboxylic acids is 1. The molecule has 0 spiro atoms. The summed E-state index contributed by atoms with van der Waals surface area (Å²) >= 11 is 1.01. The molecule has 2 aromatic heterocycles. The standard InChI is InChI=1S/C16H13N5O4S/c1-10-5-6-20-13(7-10)18-15(19-16(20)23)26-9-14(22)17-11-3-2-4-12(8-11)21(24)25/h2-8H,9H2,1H3,(H,17,22). The van der Waals surface area contributed by atoms with Crippen LogP contribution < -0.4 is 11.0 Å². The highest BCUT2D eigenvalue weighted by atomic mass is 32.2. The lowest BCUT2D eigenvalue weighted by atomic mass is 10.3. The van der Waals surface area contributed by atoms with Crippen molar-refractivity contribution in [3.05, 3.63) is 68.8 Å². The molecule has 0 aliphatic carbocycles. The van der Waals surface area contributed by atoms with Crippen molar-refractivity contribution in [3.8, 4) is 0 Å². The van der Waals surface area contributed by atoms with Gasteiger partial charge < -0.3 is 5.32 Å². The lowest BCUT2D eigenvalue weighted by Crippen LogP contribution is -2.20. The third-order valence-electron chi connectivity index (χ3n) is 3.37. The van der Waals surface area contributed by atoms with Crippen molar-refractivity contribution >= 4 is 34.7 Å². The van der Waals surface area contributed by atoms with Crippen LogP contribution in [0.2, 0.25) is 0 Å². The van der Waals surface area contributed by atoms with E-state index in [-0.39, 0.29) is 22.5 Å². The summed E-state index contributed by atoms with van der Waals surface area (Å²) in [5.74, 6) is -0.423. The number of rotatable bonds is 5. The zero-order valence-electron chi connectivity index (χ0n) is 13.6. The molecule has 0 aliphatic heterocycles. The van der Waals surface area contributed by atoms with Crippen LogP contribution in [0.15, 0.2) is 52.5 Å². The first kappa shape index (κ1) is 17.5. The lowest BCUT2D eigenvalue weighted by Gasteiger charge is -2.05. The number of nitrogens with zero attached hydrogens (tertiary/aromatic N) is 4. The van der Waals surface area contributed by atoms with Crippen LogP contribution in [0.1, 0.15) is 5.56 Å². The summed E-state index contributed by atoms with van der Waals surface area (Å²) in [4.78, 5) is 42.3. The predicted molar refractivity (Wildman–Crippen MR) is 96.4 cm³/mol. The highest BCUT2D eigenvalue weighted by Gasteiger charge is 2.11. The van der Waals surface area contributed by atoms with E-state index in [0.29, 0.717) is 11.3 Å². The van der Waals surface area contributed by atoms with Gasteiger partial charge in [0, 0.05) is 24.0 Å². The largest absolute Gasteiger partial charge is 0.355 e. The highest BCUT2D eigenvalue weighted by molar-refractivity contribution is 7.99. The molecule has 0 saturated carbocycles. The fraction of sp³-hybridized carbons (Fsp3) is 0.125. The smallest absolute Gasteiger partial charge is 0.325 e. The average Bonchev–Trinajstić information content (AvgIpc) is 2.60. The number of non-ortho nitro benzene ring substituents is 1. The Balaban J connectivity index is 1.70. The number of aryl methyl sites for hydroxylation is 1. The van der Waals surface area contributed by atoms with Crippen molar-refractivity contribution in [2.45, 2.75) is 12.1 Å². The molecule has 1 aromatic carbocycles. The van der Waals surface area contributed by atoms with Crippen molar-refractivity contribution < 1.29 is 9.72 Å². The van der Waals surface area contributed by atoms with Gasteiger partial charge in [0.25, 0.3) is 5.69 Å². The molecule has 3 rings (SSSR count). The van der Waals surface area contributed by atoms with Crippen LogP contribution in [0.25, 0.3) is 5.65 Å². The molecule has 3 aromatic rings. The van der Waals surface area contributed by atoms with Gasteiger partial charge in [-0.2, -0.15) is 4.98 Å². The van der Waals surface area contributed by atoms with E-state index in [1.807, 2.05) is 6.92 Å². The summed E-state index contributed by atoms with van der Waals surface area (Å²) in [6, 6.07) is 9.16. The number of benzene rings is 1. The minimum atomic E-state index is -0.539. The Labute approximate surface area is 151 Å². The molecule has 0 aliphatic rings.